The number of Topliss-reactive ketones (excluding diaryl/α,β-unsaturated/α-hetero) is 2. The fourth-order valence-electron chi connectivity index (χ4n) is 2.70. The topological polar surface area (TPSA) is 143 Å². The highest BCUT2D eigenvalue weighted by atomic mass is 16.6. The molecule has 0 radical (unpaired) electrons. The number of ketones is 2. The molecule has 9 nitrogen and oxygen atoms in total. The number of benzene rings is 2. The predicted octanol–water partition coefficient (Wildman–Crippen LogP) is 3.85. The maximum absolute atomic E-state index is 12.4. The van der Waals surface area contributed by atoms with Gasteiger partial charge in [0.25, 0.3) is 0 Å². The van der Waals surface area contributed by atoms with Gasteiger partial charge in [-0.05, 0) is 45.0 Å². The molecule has 0 aliphatic heterocycles. The Morgan fingerprint density at radius 2 is 1.30 bits per heavy atom. The molecule has 1 amide bonds. The average Bonchev–Trinajstić information content (AvgIpc) is 2.74. The minimum Gasteiger partial charge on any atom is -0.482 e. The van der Waals surface area contributed by atoms with Gasteiger partial charge in [0.1, 0.15) is 17.2 Å². The minimum atomic E-state index is -1.10. The maximum Gasteiger partial charge on any atom is 0.413 e. The van der Waals surface area contributed by atoms with Gasteiger partial charge in [-0.25, -0.2) is 9.59 Å². The molecule has 2 rings (SSSR count). The Hall–Kier alpha value is -4.01. The quantitative estimate of drug-likeness (QED) is 0.297. The Balaban J connectivity index is 1.87. The van der Waals surface area contributed by atoms with Crippen LogP contribution in [-0.4, -0.2) is 46.8 Å². The summed E-state index contributed by atoms with van der Waals surface area (Å²) in [4.78, 5) is 47.0. The van der Waals surface area contributed by atoms with Crippen LogP contribution in [0.15, 0.2) is 48.5 Å². The molecule has 2 aromatic rings. The van der Waals surface area contributed by atoms with Crippen LogP contribution in [0.2, 0.25) is 0 Å². The number of amidine groups is 1. The Morgan fingerprint density at radius 3 is 1.76 bits per heavy atom. The number of amides is 1. The number of aliphatic carboxylic acids is 1. The highest BCUT2D eigenvalue weighted by molar-refractivity contribution is 6.06. The van der Waals surface area contributed by atoms with E-state index in [0.717, 1.165) is 0 Å². The zero-order valence-electron chi connectivity index (χ0n) is 18.6. The molecule has 0 saturated heterocycles. The van der Waals surface area contributed by atoms with E-state index in [1.54, 1.807) is 20.8 Å². The summed E-state index contributed by atoms with van der Waals surface area (Å²) < 4.78 is 10.1. The van der Waals surface area contributed by atoms with Crippen molar-refractivity contribution in [3.63, 3.8) is 0 Å². The summed E-state index contributed by atoms with van der Waals surface area (Å²) in [6.45, 7) is 4.67. The molecule has 0 saturated carbocycles. The predicted molar refractivity (Wildman–Crippen MR) is 120 cm³/mol. The van der Waals surface area contributed by atoms with Crippen LogP contribution in [0.5, 0.6) is 5.75 Å². The summed E-state index contributed by atoms with van der Waals surface area (Å²) in [5.41, 5.74) is 0.490. The van der Waals surface area contributed by atoms with Crippen molar-refractivity contribution in [2.45, 2.75) is 39.2 Å². The van der Waals surface area contributed by atoms with Crippen LogP contribution in [0.4, 0.5) is 4.79 Å². The Bertz CT molecular complexity index is 1040. The standard InChI is InChI=1S/C24H26N2O7/c1-24(2,3)33-23(31)26-22(25)17-6-4-15(5-7-17)19(27)12-13-20(28)16-8-10-18(11-9-16)32-14-21(29)30/h4-11H,12-14H2,1-3H3,(H,29,30)(H2,25,26,31). The monoisotopic (exact) mass is 454 g/mol. The van der Waals surface area contributed by atoms with Crippen LogP contribution >= 0.6 is 0 Å². The number of carboxylic acid groups (broad SMARTS) is 1. The van der Waals surface area contributed by atoms with Crippen molar-refractivity contribution in [2.75, 3.05) is 6.61 Å². The van der Waals surface area contributed by atoms with Crippen molar-refractivity contribution in [1.82, 2.24) is 5.32 Å². The number of carbonyl (C=O) groups is 4. The third kappa shape index (κ3) is 8.56. The van der Waals surface area contributed by atoms with Crippen LogP contribution in [0.1, 0.15) is 59.9 Å². The lowest BCUT2D eigenvalue weighted by atomic mass is 10.0. The SMILES string of the molecule is CC(C)(C)OC(=O)NC(=N)c1ccc(C(=O)CCC(=O)c2ccc(OCC(=O)O)cc2)cc1. The van der Waals surface area contributed by atoms with Gasteiger partial charge < -0.3 is 14.6 Å². The van der Waals surface area contributed by atoms with Gasteiger partial charge in [0.05, 0.1) is 0 Å². The number of hydrogen-bond donors (Lipinski definition) is 3. The molecule has 0 atom stereocenters. The minimum absolute atomic E-state index is 0.00303. The number of hydrogen-bond acceptors (Lipinski definition) is 7. The number of ether oxygens (including phenoxy) is 2. The molecule has 0 heterocycles. The van der Waals surface area contributed by atoms with E-state index in [0.29, 0.717) is 22.4 Å². The zero-order chi connectivity index (χ0) is 24.6. The summed E-state index contributed by atoms with van der Waals surface area (Å²) in [6.07, 6.45) is -0.734. The molecule has 0 spiro atoms. The van der Waals surface area contributed by atoms with Crippen LogP contribution < -0.4 is 10.1 Å². The second kappa shape index (κ2) is 11.0. The third-order valence-corrected chi connectivity index (χ3v) is 4.24. The highest BCUT2D eigenvalue weighted by Crippen LogP contribution is 2.16. The summed E-state index contributed by atoms with van der Waals surface area (Å²) in [5.74, 6) is -1.39. The molecule has 3 N–H and O–H groups in total. The van der Waals surface area contributed by atoms with Crippen molar-refractivity contribution in [1.29, 1.82) is 5.41 Å². The third-order valence-electron chi connectivity index (χ3n) is 4.24. The molecule has 0 aliphatic carbocycles. The van der Waals surface area contributed by atoms with Gasteiger partial charge in [-0.1, -0.05) is 24.3 Å². The largest absolute Gasteiger partial charge is 0.482 e. The summed E-state index contributed by atoms with van der Waals surface area (Å²) in [7, 11) is 0. The van der Waals surface area contributed by atoms with E-state index in [9.17, 15) is 19.2 Å². The van der Waals surface area contributed by atoms with Crippen LogP contribution in [0.3, 0.4) is 0 Å². The van der Waals surface area contributed by atoms with Crippen LogP contribution in [0.25, 0.3) is 0 Å². The molecule has 2 aromatic carbocycles. The highest BCUT2D eigenvalue weighted by Gasteiger charge is 2.18. The first kappa shape index (κ1) is 25.3. The fourth-order valence-corrected chi connectivity index (χ4v) is 2.70. The van der Waals surface area contributed by atoms with E-state index >= 15 is 0 Å². The Kier molecular flexibility index (Phi) is 8.44. The average molecular weight is 454 g/mol. The van der Waals surface area contributed by atoms with E-state index in [1.165, 1.54) is 48.5 Å². The van der Waals surface area contributed by atoms with Gasteiger partial charge in [-0.3, -0.25) is 20.3 Å². The number of nitrogens with one attached hydrogen (secondary N) is 2. The van der Waals surface area contributed by atoms with Crippen molar-refractivity contribution in [3.05, 3.63) is 65.2 Å². The fraction of sp³-hybridized carbons (Fsp3) is 0.292. The van der Waals surface area contributed by atoms with Crippen molar-refractivity contribution in [2.24, 2.45) is 0 Å². The zero-order valence-corrected chi connectivity index (χ0v) is 18.6. The number of carbonyl (C=O) groups excluding carboxylic acids is 3. The van der Waals surface area contributed by atoms with Gasteiger partial charge in [0.15, 0.2) is 18.2 Å². The van der Waals surface area contributed by atoms with Gasteiger partial charge in [0.2, 0.25) is 0 Å². The molecular formula is C24H26N2O7. The lowest BCUT2D eigenvalue weighted by Gasteiger charge is -2.19. The first-order valence-corrected chi connectivity index (χ1v) is 10.1. The normalized spacial score (nSPS) is 10.8. The molecular weight excluding hydrogens is 428 g/mol. The Labute approximate surface area is 191 Å². The Morgan fingerprint density at radius 1 is 0.848 bits per heavy atom. The van der Waals surface area contributed by atoms with Gasteiger partial charge in [0, 0.05) is 29.5 Å². The number of carboxylic acids is 1. The van der Waals surface area contributed by atoms with Crippen molar-refractivity contribution in [3.8, 4) is 5.75 Å². The van der Waals surface area contributed by atoms with Crippen molar-refractivity contribution < 1.29 is 33.8 Å². The molecule has 174 valence electrons. The molecule has 0 fully saturated rings. The molecule has 0 unspecified atom stereocenters. The van der Waals surface area contributed by atoms with E-state index in [4.69, 9.17) is 20.0 Å². The number of alkyl carbamates (subject to hydrolysis) is 1. The van der Waals surface area contributed by atoms with E-state index in [1.807, 2.05) is 0 Å². The summed E-state index contributed by atoms with van der Waals surface area (Å²) >= 11 is 0. The van der Waals surface area contributed by atoms with E-state index in [2.05, 4.69) is 5.32 Å². The lowest BCUT2D eigenvalue weighted by Crippen LogP contribution is -2.36. The molecule has 0 bridgehead atoms. The van der Waals surface area contributed by atoms with Gasteiger partial charge in [-0.2, -0.15) is 0 Å². The molecule has 0 aromatic heterocycles. The van der Waals surface area contributed by atoms with E-state index < -0.39 is 24.3 Å². The first-order valence-electron chi connectivity index (χ1n) is 10.1. The summed E-state index contributed by atoms with van der Waals surface area (Å²) in [5, 5.41) is 18.9. The number of rotatable bonds is 9. The molecule has 9 heteroatoms. The van der Waals surface area contributed by atoms with Gasteiger partial charge in [-0.15, -0.1) is 0 Å². The second-order valence-corrected chi connectivity index (χ2v) is 8.13. The van der Waals surface area contributed by atoms with Crippen LogP contribution in [-0.2, 0) is 9.53 Å². The van der Waals surface area contributed by atoms with Crippen molar-refractivity contribution >= 4 is 29.5 Å². The molecule has 0 aliphatic rings. The van der Waals surface area contributed by atoms with E-state index in [-0.39, 0.29) is 30.2 Å². The van der Waals surface area contributed by atoms with Gasteiger partial charge >= 0.3 is 12.1 Å². The lowest BCUT2D eigenvalue weighted by molar-refractivity contribution is -0.139. The first-order chi connectivity index (χ1) is 15.4. The van der Waals surface area contributed by atoms with Crippen LogP contribution in [0, 0.1) is 5.41 Å². The smallest absolute Gasteiger partial charge is 0.413 e. The summed E-state index contributed by atoms with van der Waals surface area (Å²) in [6, 6.07) is 12.2. The second-order valence-electron chi connectivity index (χ2n) is 8.13. The molecule has 33 heavy (non-hydrogen) atoms. The maximum atomic E-state index is 12.4.